The minimum Gasteiger partial charge on any atom is -0.477 e. The average molecular weight is 245 g/mol. The van der Waals surface area contributed by atoms with E-state index in [-0.39, 0.29) is 5.69 Å². The maximum absolute atomic E-state index is 10.9. The van der Waals surface area contributed by atoms with Crippen molar-refractivity contribution in [3.05, 3.63) is 29.1 Å². The molecule has 0 amide bonds. The fraction of sp³-hybridized carbons (Fsp3) is 0.429. The molecule has 0 spiro atoms. The lowest BCUT2D eigenvalue weighted by atomic mass is 10.0. The van der Waals surface area contributed by atoms with Gasteiger partial charge in [0.15, 0.2) is 0 Å². The Bertz CT molecular complexity index is 508. The summed E-state index contributed by atoms with van der Waals surface area (Å²) in [5.74, 6) is 5.55. The Labute approximate surface area is 106 Å². The third-order valence-corrected chi connectivity index (χ3v) is 2.81. The van der Waals surface area contributed by atoms with Crippen LogP contribution in [0.2, 0.25) is 0 Å². The molecule has 0 saturated carbocycles. The molecule has 2 rings (SSSR count). The summed E-state index contributed by atoms with van der Waals surface area (Å²) in [4.78, 5) is 14.8. The first-order valence-corrected chi connectivity index (χ1v) is 5.96. The van der Waals surface area contributed by atoms with E-state index in [1.165, 1.54) is 6.07 Å². The third-order valence-electron chi connectivity index (χ3n) is 2.81. The molecule has 1 fully saturated rings. The fourth-order valence-corrected chi connectivity index (χ4v) is 1.88. The number of carboxylic acid groups (broad SMARTS) is 1. The lowest BCUT2D eigenvalue weighted by Gasteiger charge is -2.16. The summed E-state index contributed by atoms with van der Waals surface area (Å²) < 4.78 is 5.27. The molecule has 0 radical (unpaired) electrons. The van der Waals surface area contributed by atoms with Crippen LogP contribution in [0.4, 0.5) is 0 Å². The molecule has 0 unspecified atom stereocenters. The van der Waals surface area contributed by atoms with Crippen LogP contribution in [0.5, 0.6) is 0 Å². The van der Waals surface area contributed by atoms with Gasteiger partial charge in [-0.25, -0.2) is 9.78 Å². The van der Waals surface area contributed by atoms with Gasteiger partial charge in [-0.05, 0) is 31.9 Å². The van der Waals surface area contributed by atoms with Crippen LogP contribution in [0.25, 0.3) is 0 Å². The predicted octanol–water partition coefficient (Wildman–Crippen LogP) is 1.87. The van der Waals surface area contributed by atoms with Gasteiger partial charge in [0.1, 0.15) is 5.69 Å². The van der Waals surface area contributed by atoms with Crippen molar-refractivity contribution in [3.8, 4) is 11.8 Å². The second kappa shape index (κ2) is 5.65. The number of nitrogens with zero attached hydrogens (tertiary/aromatic N) is 1. The fourth-order valence-electron chi connectivity index (χ4n) is 1.88. The number of aromatic carboxylic acids is 1. The van der Waals surface area contributed by atoms with Crippen LogP contribution in [-0.2, 0) is 4.74 Å². The molecule has 0 bridgehead atoms. The second-order valence-corrected chi connectivity index (χ2v) is 4.34. The van der Waals surface area contributed by atoms with E-state index in [4.69, 9.17) is 9.84 Å². The zero-order valence-corrected chi connectivity index (χ0v) is 10.3. The van der Waals surface area contributed by atoms with Crippen LogP contribution >= 0.6 is 0 Å². The van der Waals surface area contributed by atoms with Gasteiger partial charge < -0.3 is 9.84 Å². The van der Waals surface area contributed by atoms with E-state index in [1.807, 2.05) is 0 Å². The van der Waals surface area contributed by atoms with Crippen LogP contribution in [0, 0.1) is 24.7 Å². The van der Waals surface area contributed by atoms with E-state index in [1.54, 1.807) is 13.0 Å². The summed E-state index contributed by atoms with van der Waals surface area (Å²) in [6, 6.07) is 3.32. The third kappa shape index (κ3) is 3.31. The van der Waals surface area contributed by atoms with Crippen molar-refractivity contribution in [1.82, 2.24) is 4.98 Å². The Morgan fingerprint density at radius 3 is 2.83 bits per heavy atom. The van der Waals surface area contributed by atoms with Crippen molar-refractivity contribution in [1.29, 1.82) is 0 Å². The van der Waals surface area contributed by atoms with Crippen LogP contribution in [0.1, 0.15) is 34.6 Å². The first-order chi connectivity index (χ1) is 8.65. The number of ether oxygens (including phenoxy) is 1. The highest BCUT2D eigenvalue weighted by Gasteiger charge is 2.10. The van der Waals surface area contributed by atoms with E-state index >= 15 is 0 Å². The SMILES string of the molecule is Cc1cc(C#CC2CCOCC2)cc(C(=O)O)n1. The van der Waals surface area contributed by atoms with Crippen molar-refractivity contribution < 1.29 is 14.6 Å². The lowest BCUT2D eigenvalue weighted by molar-refractivity contribution is 0.0690. The molecule has 0 aliphatic carbocycles. The first kappa shape index (κ1) is 12.6. The summed E-state index contributed by atoms with van der Waals surface area (Å²) in [5.41, 5.74) is 1.43. The van der Waals surface area contributed by atoms with E-state index in [0.717, 1.165) is 26.1 Å². The summed E-state index contributed by atoms with van der Waals surface area (Å²) in [7, 11) is 0. The molecule has 1 aliphatic rings. The second-order valence-electron chi connectivity index (χ2n) is 4.34. The van der Waals surface area contributed by atoms with Gasteiger partial charge in [0, 0.05) is 30.4 Å². The van der Waals surface area contributed by atoms with Crippen molar-refractivity contribution in [2.75, 3.05) is 13.2 Å². The monoisotopic (exact) mass is 245 g/mol. The van der Waals surface area contributed by atoms with E-state index in [9.17, 15) is 4.79 Å². The van der Waals surface area contributed by atoms with Gasteiger partial charge in [0.2, 0.25) is 0 Å². The number of aromatic nitrogens is 1. The van der Waals surface area contributed by atoms with Crippen LogP contribution in [0.3, 0.4) is 0 Å². The zero-order valence-electron chi connectivity index (χ0n) is 10.3. The Hall–Kier alpha value is -1.86. The molecule has 1 aromatic heterocycles. The van der Waals surface area contributed by atoms with Gasteiger partial charge in [-0.2, -0.15) is 0 Å². The smallest absolute Gasteiger partial charge is 0.354 e. The maximum Gasteiger partial charge on any atom is 0.354 e. The summed E-state index contributed by atoms with van der Waals surface area (Å²) in [6.45, 7) is 3.29. The molecule has 4 nitrogen and oxygen atoms in total. The van der Waals surface area contributed by atoms with E-state index in [2.05, 4.69) is 16.8 Å². The highest BCUT2D eigenvalue weighted by molar-refractivity contribution is 5.85. The molecule has 0 aromatic carbocycles. The number of aryl methyl sites for hydroxylation is 1. The van der Waals surface area contributed by atoms with Crippen LogP contribution in [-0.4, -0.2) is 29.3 Å². The van der Waals surface area contributed by atoms with Gasteiger partial charge in [-0.1, -0.05) is 11.8 Å². The van der Waals surface area contributed by atoms with Crippen molar-refractivity contribution in [2.45, 2.75) is 19.8 Å². The van der Waals surface area contributed by atoms with Gasteiger partial charge in [-0.15, -0.1) is 0 Å². The number of carbonyl (C=O) groups is 1. The molecule has 18 heavy (non-hydrogen) atoms. The minimum absolute atomic E-state index is 0.0475. The zero-order chi connectivity index (χ0) is 13.0. The van der Waals surface area contributed by atoms with Gasteiger partial charge >= 0.3 is 5.97 Å². The Balaban J connectivity index is 2.18. The summed E-state index contributed by atoms with van der Waals surface area (Å²) in [5, 5.41) is 8.92. The minimum atomic E-state index is -1.02. The molecule has 0 atom stereocenters. The molecular weight excluding hydrogens is 230 g/mol. The van der Waals surface area contributed by atoms with Crippen molar-refractivity contribution >= 4 is 5.97 Å². The predicted molar refractivity (Wildman–Crippen MR) is 66.4 cm³/mol. The number of hydrogen-bond donors (Lipinski definition) is 1. The molecule has 1 aliphatic heterocycles. The Morgan fingerprint density at radius 1 is 1.44 bits per heavy atom. The van der Waals surface area contributed by atoms with Gasteiger partial charge in [0.05, 0.1) is 0 Å². The number of pyridine rings is 1. The maximum atomic E-state index is 10.9. The normalized spacial score (nSPS) is 15.8. The van der Waals surface area contributed by atoms with Gasteiger partial charge in [0.25, 0.3) is 0 Å². The molecule has 1 N–H and O–H groups in total. The van der Waals surface area contributed by atoms with E-state index in [0.29, 0.717) is 17.2 Å². The standard InChI is InChI=1S/C14H15NO3/c1-10-8-12(9-13(15-10)14(16)17)3-2-11-4-6-18-7-5-11/h8-9,11H,4-7H2,1H3,(H,16,17). The number of rotatable bonds is 1. The highest BCUT2D eigenvalue weighted by Crippen LogP contribution is 2.13. The average Bonchev–Trinajstić information content (AvgIpc) is 2.37. The van der Waals surface area contributed by atoms with Crippen LogP contribution in [0.15, 0.2) is 12.1 Å². The van der Waals surface area contributed by atoms with E-state index < -0.39 is 5.97 Å². The lowest BCUT2D eigenvalue weighted by Crippen LogP contribution is -2.13. The van der Waals surface area contributed by atoms with Crippen molar-refractivity contribution in [3.63, 3.8) is 0 Å². The van der Waals surface area contributed by atoms with Gasteiger partial charge in [-0.3, -0.25) is 0 Å². The topological polar surface area (TPSA) is 59.4 Å². The Morgan fingerprint density at radius 2 is 2.17 bits per heavy atom. The Kier molecular flexibility index (Phi) is 3.96. The van der Waals surface area contributed by atoms with Crippen LogP contribution < -0.4 is 0 Å². The molecule has 1 saturated heterocycles. The first-order valence-electron chi connectivity index (χ1n) is 5.96. The molecule has 1 aromatic rings. The highest BCUT2D eigenvalue weighted by atomic mass is 16.5. The molecule has 94 valence electrons. The largest absolute Gasteiger partial charge is 0.477 e. The van der Waals surface area contributed by atoms with Crippen molar-refractivity contribution in [2.24, 2.45) is 5.92 Å². The summed E-state index contributed by atoms with van der Waals surface area (Å²) >= 11 is 0. The molecular formula is C14H15NO3. The number of hydrogen-bond acceptors (Lipinski definition) is 3. The molecule has 4 heteroatoms. The quantitative estimate of drug-likeness (QED) is 0.767. The molecule has 2 heterocycles. The number of carboxylic acids is 1. The summed E-state index contributed by atoms with van der Waals surface area (Å²) in [6.07, 6.45) is 1.89.